The lowest BCUT2D eigenvalue weighted by Gasteiger charge is -2.18. The molecule has 1 heterocycles. The van der Waals surface area contributed by atoms with Crippen molar-refractivity contribution in [2.75, 3.05) is 0 Å². The number of aryl methyl sites for hydroxylation is 1. The third kappa shape index (κ3) is 4.05. The van der Waals surface area contributed by atoms with E-state index in [-0.39, 0.29) is 16.8 Å². The van der Waals surface area contributed by atoms with Crippen LogP contribution in [0.4, 0.5) is 0 Å². The van der Waals surface area contributed by atoms with E-state index in [4.69, 9.17) is 18.0 Å². The molecular weight excluding hydrogens is 254 g/mol. The number of hydrogen-bond donors (Lipinski definition) is 2. The van der Waals surface area contributed by atoms with E-state index in [1.807, 2.05) is 20.8 Å². The van der Waals surface area contributed by atoms with Crippen molar-refractivity contribution in [3.8, 4) is 0 Å². The molecule has 0 bridgehead atoms. The van der Waals surface area contributed by atoms with Gasteiger partial charge in [-0.25, -0.2) is 4.98 Å². The van der Waals surface area contributed by atoms with Crippen molar-refractivity contribution in [1.82, 2.24) is 10.3 Å². The summed E-state index contributed by atoms with van der Waals surface area (Å²) in [5.41, 5.74) is 5.57. The predicted molar refractivity (Wildman–Crippen MR) is 73.8 cm³/mol. The van der Waals surface area contributed by atoms with Gasteiger partial charge in [-0.05, 0) is 12.8 Å². The van der Waals surface area contributed by atoms with Crippen molar-refractivity contribution in [2.45, 2.75) is 27.3 Å². The van der Waals surface area contributed by atoms with Crippen LogP contribution in [0.2, 0.25) is 0 Å². The molecule has 1 aromatic heterocycles. The largest absolute Gasteiger partial charge is 0.393 e. The predicted octanol–water partition coefficient (Wildman–Crippen LogP) is 1.63. The highest BCUT2D eigenvalue weighted by molar-refractivity contribution is 7.80. The second kappa shape index (κ2) is 6.07. The fourth-order valence-electron chi connectivity index (χ4n) is 1.53. The van der Waals surface area contributed by atoms with Crippen LogP contribution >= 0.6 is 23.6 Å². The van der Waals surface area contributed by atoms with Crippen LogP contribution in [0, 0.1) is 18.8 Å². The summed E-state index contributed by atoms with van der Waals surface area (Å²) in [7, 11) is 0. The van der Waals surface area contributed by atoms with Gasteiger partial charge in [-0.2, -0.15) is 0 Å². The summed E-state index contributed by atoms with van der Waals surface area (Å²) in [6.07, 6.45) is 1.77. The van der Waals surface area contributed by atoms with Crippen molar-refractivity contribution in [2.24, 2.45) is 17.6 Å². The number of nitrogens with two attached hydrogens (primary N) is 1. The smallest absolute Gasteiger partial charge is 0.230 e. The lowest BCUT2D eigenvalue weighted by atomic mass is 9.95. The van der Waals surface area contributed by atoms with Gasteiger partial charge in [0.05, 0.1) is 22.5 Å². The van der Waals surface area contributed by atoms with E-state index in [1.165, 1.54) is 0 Å². The number of carbonyl (C=O) groups excluding carboxylic acids is 1. The van der Waals surface area contributed by atoms with Crippen molar-refractivity contribution in [1.29, 1.82) is 0 Å². The first kappa shape index (κ1) is 14.1. The van der Waals surface area contributed by atoms with Crippen molar-refractivity contribution >= 4 is 34.5 Å². The number of amides is 1. The molecule has 4 nitrogen and oxygen atoms in total. The molecule has 94 valence electrons. The highest BCUT2D eigenvalue weighted by Gasteiger charge is 2.24. The molecule has 6 heteroatoms. The second-order valence-electron chi connectivity index (χ2n) is 4.19. The molecule has 0 aliphatic heterocycles. The van der Waals surface area contributed by atoms with Gasteiger partial charge >= 0.3 is 0 Å². The summed E-state index contributed by atoms with van der Waals surface area (Å²) in [6.45, 7) is 6.28. The minimum atomic E-state index is -0.404. The van der Waals surface area contributed by atoms with E-state index >= 15 is 0 Å². The number of nitrogens with one attached hydrogen (secondary N) is 1. The average molecular weight is 271 g/mol. The Morgan fingerprint density at radius 1 is 1.65 bits per heavy atom. The van der Waals surface area contributed by atoms with Gasteiger partial charge in [-0.15, -0.1) is 11.3 Å². The quantitative estimate of drug-likeness (QED) is 0.799. The van der Waals surface area contributed by atoms with Crippen LogP contribution in [0.1, 0.15) is 23.7 Å². The molecule has 0 aliphatic carbocycles. The minimum Gasteiger partial charge on any atom is -0.393 e. The fraction of sp³-hybridized carbons (Fsp3) is 0.545. The zero-order valence-corrected chi connectivity index (χ0v) is 11.8. The molecule has 0 aliphatic rings. The first-order valence-corrected chi connectivity index (χ1v) is 6.62. The van der Waals surface area contributed by atoms with Crippen LogP contribution in [0.5, 0.6) is 0 Å². The number of aromatic nitrogens is 1. The summed E-state index contributed by atoms with van der Waals surface area (Å²) >= 11 is 6.48. The van der Waals surface area contributed by atoms with Crippen LogP contribution in [0.25, 0.3) is 0 Å². The molecular formula is C11H17N3OS2. The minimum absolute atomic E-state index is 0.107. The van der Waals surface area contributed by atoms with Gasteiger partial charge in [-0.1, -0.05) is 26.1 Å². The molecule has 1 aromatic rings. The highest BCUT2D eigenvalue weighted by atomic mass is 32.1. The number of hydrogen-bond acceptors (Lipinski definition) is 4. The lowest BCUT2D eigenvalue weighted by molar-refractivity contribution is -0.124. The maximum absolute atomic E-state index is 11.9. The zero-order valence-electron chi connectivity index (χ0n) is 10.2. The number of thiocarbonyl (C=S) groups is 1. The van der Waals surface area contributed by atoms with Gasteiger partial charge in [0.2, 0.25) is 5.91 Å². The Balaban J connectivity index is 2.56. The van der Waals surface area contributed by atoms with Gasteiger partial charge in [0, 0.05) is 11.1 Å². The van der Waals surface area contributed by atoms with Crippen molar-refractivity contribution < 1.29 is 4.79 Å². The molecule has 1 rings (SSSR count). The summed E-state index contributed by atoms with van der Waals surface area (Å²) in [4.78, 5) is 17.3. The number of carbonyl (C=O) groups is 1. The Morgan fingerprint density at radius 3 is 2.71 bits per heavy atom. The zero-order chi connectivity index (χ0) is 13.0. The maximum Gasteiger partial charge on any atom is 0.230 e. The SMILES string of the molecule is Cc1ncc(CNC(=O)C(C(N)=S)C(C)C)s1. The molecule has 17 heavy (non-hydrogen) atoms. The Bertz CT molecular complexity index is 415. The summed E-state index contributed by atoms with van der Waals surface area (Å²) < 4.78 is 0. The topological polar surface area (TPSA) is 68.0 Å². The molecule has 0 fully saturated rings. The second-order valence-corrected chi connectivity index (χ2v) is 5.98. The van der Waals surface area contributed by atoms with E-state index in [9.17, 15) is 4.79 Å². The van der Waals surface area contributed by atoms with Gasteiger partial charge < -0.3 is 11.1 Å². The van der Waals surface area contributed by atoms with E-state index in [0.29, 0.717) is 6.54 Å². The van der Waals surface area contributed by atoms with Gasteiger partial charge in [0.1, 0.15) is 0 Å². The summed E-state index contributed by atoms with van der Waals surface area (Å²) in [5, 5.41) is 3.83. The monoisotopic (exact) mass is 271 g/mol. The van der Waals surface area contributed by atoms with E-state index < -0.39 is 5.92 Å². The normalized spacial score (nSPS) is 12.5. The van der Waals surface area contributed by atoms with Crippen LogP contribution in [-0.4, -0.2) is 15.9 Å². The van der Waals surface area contributed by atoms with Crippen LogP contribution in [0.15, 0.2) is 6.20 Å². The van der Waals surface area contributed by atoms with Crippen LogP contribution in [-0.2, 0) is 11.3 Å². The Hall–Kier alpha value is -1.01. The maximum atomic E-state index is 11.9. The fourth-order valence-corrected chi connectivity index (χ4v) is 2.65. The molecule has 1 atom stereocenters. The van der Waals surface area contributed by atoms with E-state index in [2.05, 4.69) is 10.3 Å². The van der Waals surface area contributed by atoms with E-state index in [1.54, 1.807) is 17.5 Å². The molecule has 0 spiro atoms. The standard InChI is InChI=1S/C11H17N3OS2/c1-6(2)9(10(12)16)11(15)14-5-8-4-13-7(3)17-8/h4,6,9H,5H2,1-3H3,(H2,12,16)(H,14,15). The Labute approximate surface area is 111 Å². The Kier molecular flexibility index (Phi) is 5.02. The molecule has 0 aromatic carbocycles. The highest BCUT2D eigenvalue weighted by Crippen LogP contribution is 2.14. The summed E-state index contributed by atoms with van der Waals surface area (Å²) in [5.74, 6) is -0.409. The molecule has 1 amide bonds. The van der Waals surface area contributed by atoms with Crippen molar-refractivity contribution in [3.05, 3.63) is 16.1 Å². The van der Waals surface area contributed by atoms with E-state index in [0.717, 1.165) is 9.88 Å². The molecule has 0 saturated heterocycles. The third-order valence-corrected chi connectivity index (χ3v) is 3.53. The number of nitrogens with zero attached hydrogens (tertiary/aromatic N) is 1. The summed E-state index contributed by atoms with van der Waals surface area (Å²) in [6, 6.07) is 0. The van der Waals surface area contributed by atoms with Crippen LogP contribution < -0.4 is 11.1 Å². The Morgan fingerprint density at radius 2 is 2.29 bits per heavy atom. The van der Waals surface area contributed by atoms with Gasteiger partial charge in [0.25, 0.3) is 0 Å². The number of rotatable bonds is 5. The molecule has 1 unspecified atom stereocenters. The molecule has 0 saturated carbocycles. The number of thiazole rings is 1. The van der Waals surface area contributed by atoms with Crippen LogP contribution in [0.3, 0.4) is 0 Å². The van der Waals surface area contributed by atoms with Crippen molar-refractivity contribution in [3.63, 3.8) is 0 Å². The average Bonchev–Trinajstić information content (AvgIpc) is 2.60. The lowest BCUT2D eigenvalue weighted by Crippen LogP contribution is -2.40. The third-order valence-electron chi connectivity index (χ3n) is 2.36. The first-order chi connectivity index (χ1) is 7.91. The molecule has 0 radical (unpaired) electrons. The molecule has 3 N–H and O–H groups in total. The van der Waals surface area contributed by atoms with Gasteiger partial charge in [0.15, 0.2) is 0 Å². The first-order valence-electron chi connectivity index (χ1n) is 5.40. The van der Waals surface area contributed by atoms with Gasteiger partial charge in [-0.3, -0.25) is 4.79 Å².